The van der Waals surface area contributed by atoms with E-state index in [0.717, 1.165) is 42.4 Å². The number of nitrogens with zero attached hydrogens (tertiary/aromatic N) is 2. The van der Waals surface area contributed by atoms with E-state index in [-0.39, 0.29) is 42.6 Å². The molecular formula is C30H35N5O3. The number of H-pyrrole nitrogens is 1. The molecule has 0 radical (unpaired) electrons. The van der Waals surface area contributed by atoms with Gasteiger partial charge in [-0.25, -0.2) is 4.98 Å². The molecule has 2 atom stereocenters. The highest BCUT2D eigenvalue weighted by atomic mass is 16.2. The van der Waals surface area contributed by atoms with E-state index in [1.54, 1.807) is 4.90 Å². The molecule has 1 saturated carbocycles. The zero-order valence-corrected chi connectivity index (χ0v) is 21.6. The molecule has 198 valence electrons. The van der Waals surface area contributed by atoms with Crippen LogP contribution in [-0.2, 0) is 16.1 Å². The van der Waals surface area contributed by atoms with Gasteiger partial charge in [-0.15, -0.1) is 0 Å². The van der Waals surface area contributed by atoms with Crippen molar-refractivity contribution < 1.29 is 14.4 Å². The molecule has 2 fully saturated rings. The van der Waals surface area contributed by atoms with Crippen molar-refractivity contribution in [1.82, 2.24) is 25.5 Å². The summed E-state index contributed by atoms with van der Waals surface area (Å²) in [7, 11) is 0. The molecule has 38 heavy (non-hydrogen) atoms. The molecule has 1 aromatic heterocycles. The van der Waals surface area contributed by atoms with Crippen molar-refractivity contribution in [3.63, 3.8) is 0 Å². The molecule has 2 aliphatic rings. The summed E-state index contributed by atoms with van der Waals surface area (Å²) in [5.74, 6) is -0.863. The lowest BCUT2D eigenvalue weighted by Gasteiger charge is -2.34. The normalized spacial score (nSPS) is 18.5. The Balaban J connectivity index is 1.43. The van der Waals surface area contributed by atoms with Crippen LogP contribution in [0.5, 0.6) is 0 Å². The second-order valence-corrected chi connectivity index (χ2v) is 10.3. The molecule has 1 aliphatic carbocycles. The molecular weight excluding hydrogens is 478 g/mol. The topological polar surface area (TPSA) is 107 Å². The third-order valence-electron chi connectivity index (χ3n) is 7.70. The van der Waals surface area contributed by atoms with Gasteiger partial charge in [0.15, 0.2) is 0 Å². The van der Waals surface area contributed by atoms with Crippen LogP contribution < -0.4 is 10.6 Å². The van der Waals surface area contributed by atoms with Gasteiger partial charge >= 0.3 is 0 Å². The number of amides is 3. The lowest BCUT2D eigenvalue weighted by molar-refractivity contribution is -0.128. The predicted molar refractivity (Wildman–Crippen MR) is 145 cm³/mol. The molecule has 2 heterocycles. The van der Waals surface area contributed by atoms with Gasteiger partial charge in [-0.2, -0.15) is 0 Å². The molecule has 3 aromatic rings. The summed E-state index contributed by atoms with van der Waals surface area (Å²) in [6.07, 6.45) is 9.12. The second-order valence-electron chi connectivity index (χ2n) is 10.3. The van der Waals surface area contributed by atoms with Gasteiger partial charge in [0.05, 0.1) is 12.5 Å². The molecule has 1 aliphatic heterocycles. The van der Waals surface area contributed by atoms with E-state index in [1.807, 2.05) is 42.5 Å². The number of nitrogens with one attached hydrogen (secondary N) is 3. The van der Waals surface area contributed by atoms with E-state index in [2.05, 4.69) is 32.7 Å². The summed E-state index contributed by atoms with van der Waals surface area (Å²) in [6, 6.07) is 17.5. The minimum atomic E-state index is -0.782. The van der Waals surface area contributed by atoms with Crippen LogP contribution in [-0.4, -0.2) is 51.2 Å². The third kappa shape index (κ3) is 6.13. The molecule has 3 amide bonds. The summed E-state index contributed by atoms with van der Waals surface area (Å²) in [5.41, 5.74) is 3.41. The number of aromatic amines is 1. The van der Waals surface area contributed by atoms with Crippen LogP contribution in [0.15, 0.2) is 67.1 Å². The number of imidazole rings is 1. The fourth-order valence-corrected chi connectivity index (χ4v) is 5.54. The maximum Gasteiger partial charge on any atom is 0.272 e. The summed E-state index contributed by atoms with van der Waals surface area (Å²) in [4.78, 5) is 48.6. The van der Waals surface area contributed by atoms with Crippen molar-refractivity contribution >= 4 is 17.7 Å². The van der Waals surface area contributed by atoms with Crippen LogP contribution in [0.4, 0.5) is 0 Å². The van der Waals surface area contributed by atoms with E-state index >= 15 is 0 Å². The standard InChI is InChI=1S/C30H35N5O3/c36-28-24(15-16-32-28)17-27(29(37)34-25-9-5-2-6-10-25)35(30(38)26-18-31-20-33-26)19-21-11-13-23(14-12-21)22-7-3-1-4-8-22/h1,3-4,7-8,11-14,18,20,24-25,27H,2,5-6,9-10,15-17,19H2,(H,31,33)(H,32,36)(H,34,37)/t24-,27?/m0/s1. The first-order chi connectivity index (χ1) is 18.6. The average molecular weight is 514 g/mol. The monoisotopic (exact) mass is 513 g/mol. The Morgan fingerprint density at radius 1 is 0.974 bits per heavy atom. The van der Waals surface area contributed by atoms with Crippen LogP contribution in [0.3, 0.4) is 0 Å². The van der Waals surface area contributed by atoms with Crippen LogP contribution in [0.1, 0.15) is 61.0 Å². The van der Waals surface area contributed by atoms with Gasteiger partial charge in [0.2, 0.25) is 11.8 Å². The minimum Gasteiger partial charge on any atom is -0.356 e. The molecule has 2 aromatic carbocycles. The highest BCUT2D eigenvalue weighted by molar-refractivity contribution is 5.96. The number of hydrogen-bond acceptors (Lipinski definition) is 4. The Morgan fingerprint density at radius 3 is 2.37 bits per heavy atom. The van der Waals surface area contributed by atoms with Crippen molar-refractivity contribution in [3.05, 3.63) is 78.4 Å². The fraction of sp³-hybridized carbons (Fsp3) is 0.400. The molecule has 5 rings (SSSR count). The van der Waals surface area contributed by atoms with E-state index in [4.69, 9.17) is 0 Å². The number of carbonyl (C=O) groups excluding carboxylic acids is 3. The molecule has 1 unspecified atom stereocenters. The van der Waals surface area contributed by atoms with Gasteiger partial charge in [-0.05, 0) is 42.4 Å². The van der Waals surface area contributed by atoms with Gasteiger partial charge in [0.25, 0.3) is 5.91 Å². The van der Waals surface area contributed by atoms with E-state index in [1.165, 1.54) is 18.9 Å². The molecule has 3 N–H and O–H groups in total. The summed E-state index contributed by atoms with van der Waals surface area (Å²) in [5, 5.41) is 6.09. The molecule has 8 heteroatoms. The summed E-state index contributed by atoms with van der Waals surface area (Å²) >= 11 is 0. The van der Waals surface area contributed by atoms with Gasteiger partial charge in [-0.3, -0.25) is 14.4 Å². The maximum absolute atomic E-state index is 13.8. The Kier molecular flexibility index (Phi) is 8.16. The van der Waals surface area contributed by atoms with Crippen LogP contribution in [0.25, 0.3) is 11.1 Å². The maximum atomic E-state index is 13.8. The first-order valence-electron chi connectivity index (χ1n) is 13.6. The van der Waals surface area contributed by atoms with Crippen molar-refractivity contribution in [2.45, 2.75) is 63.6 Å². The fourth-order valence-electron chi connectivity index (χ4n) is 5.54. The van der Waals surface area contributed by atoms with Gasteiger partial charge in [0, 0.05) is 25.0 Å². The molecule has 0 bridgehead atoms. The SMILES string of the molecule is O=C(NC1CCCCC1)C(C[C@@H]1CCNC1=O)N(Cc1ccc(-c2ccccc2)cc1)C(=O)c1cnc[nH]1. The quantitative estimate of drug-likeness (QED) is 0.401. The predicted octanol–water partition coefficient (Wildman–Crippen LogP) is 4.06. The van der Waals surface area contributed by atoms with E-state index in [9.17, 15) is 14.4 Å². The lowest BCUT2D eigenvalue weighted by Crippen LogP contribution is -2.53. The zero-order valence-electron chi connectivity index (χ0n) is 21.6. The average Bonchev–Trinajstić information content (AvgIpc) is 3.64. The first kappa shape index (κ1) is 25.7. The molecule has 1 saturated heterocycles. The highest BCUT2D eigenvalue weighted by Crippen LogP contribution is 2.25. The van der Waals surface area contributed by atoms with Crippen molar-refractivity contribution in [2.24, 2.45) is 5.92 Å². The lowest BCUT2D eigenvalue weighted by atomic mass is 9.93. The van der Waals surface area contributed by atoms with E-state index in [0.29, 0.717) is 18.7 Å². The Labute approximate surface area is 223 Å². The van der Waals surface area contributed by atoms with Crippen molar-refractivity contribution in [2.75, 3.05) is 6.54 Å². The number of benzene rings is 2. The number of hydrogen-bond donors (Lipinski definition) is 3. The first-order valence-corrected chi connectivity index (χ1v) is 13.6. The molecule has 0 spiro atoms. The van der Waals surface area contributed by atoms with Crippen molar-refractivity contribution in [1.29, 1.82) is 0 Å². The Bertz CT molecular complexity index is 1220. The second kappa shape index (κ2) is 12.1. The Hall–Kier alpha value is -3.94. The number of carbonyl (C=O) groups is 3. The van der Waals surface area contributed by atoms with Gasteiger partial charge in [-0.1, -0.05) is 73.9 Å². The number of aromatic nitrogens is 2. The largest absolute Gasteiger partial charge is 0.356 e. The van der Waals surface area contributed by atoms with Gasteiger partial charge < -0.3 is 20.5 Å². The van der Waals surface area contributed by atoms with Crippen LogP contribution in [0.2, 0.25) is 0 Å². The van der Waals surface area contributed by atoms with Crippen molar-refractivity contribution in [3.8, 4) is 11.1 Å². The zero-order chi connectivity index (χ0) is 26.3. The summed E-state index contributed by atoms with van der Waals surface area (Å²) < 4.78 is 0. The minimum absolute atomic E-state index is 0.0541. The third-order valence-corrected chi connectivity index (χ3v) is 7.70. The highest BCUT2D eigenvalue weighted by Gasteiger charge is 2.37. The van der Waals surface area contributed by atoms with E-state index < -0.39 is 6.04 Å². The van der Waals surface area contributed by atoms with Crippen LogP contribution in [0, 0.1) is 5.92 Å². The Morgan fingerprint density at radius 2 is 1.71 bits per heavy atom. The summed E-state index contributed by atoms with van der Waals surface area (Å²) in [6.45, 7) is 0.833. The number of rotatable bonds is 9. The van der Waals surface area contributed by atoms with Gasteiger partial charge in [0.1, 0.15) is 11.7 Å². The smallest absolute Gasteiger partial charge is 0.272 e. The van der Waals surface area contributed by atoms with Crippen LogP contribution >= 0.6 is 0 Å². The molecule has 8 nitrogen and oxygen atoms in total.